The highest BCUT2D eigenvalue weighted by atomic mass is 19.4. The Kier molecular flexibility index (Phi) is 7.06. The molecule has 4 fully saturated rings. The van der Waals surface area contributed by atoms with Gasteiger partial charge in [-0.25, -0.2) is 8.78 Å². The van der Waals surface area contributed by atoms with Gasteiger partial charge in [0.05, 0.1) is 18.3 Å². The molecule has 1 aliphatic heterocycles. The van der Waals surface area contributed by atoms with E-state index in [1.165, 1.54) is 0 Å². The minimum absolute atomic E-state index is 0.0677. The van der Waals surface area contributed by atoms with E-state index in [2.05, 4.69) is 15.4 Å². The summed E-state index contributed by atoms with van der Waals surface area (Å²) in [6.45, 7) is -0.250. The van der Waals surface area contributed by atoms with E-state index >= 15 is 0 Å². The second kappa shape index (κ2) is 9.91. The normalized spacial score (nSPS) is 34.1. The minimum Gasteiger partial charge on any atom is -0.480 e. The van der Waals surface area contributed by atoms with Gasteiger partial charge in [0.25, 0.3) is 5.91 Å². The van der Waals surface area contributed by atoms with Crippen molar-refractivity contribution in [2.24, 2.45) is 0 Å². The quantitative estimate of drug-likeness (QED) is 0.452. The zero-order chi connectivity index (χ0) is 27.3. The number of hydrogen-bond acceptors (Lipinski definition) is 6. The highest BCUT2D eigenvalue weighted by Gasteiger charge is 2.51. The predicted octanol–water partition coefficient (Wildman–Crippen LogP) is 3.31. The van der Waals surface area contributed by atoms with Crippen molar-refractivity contribution in [2.75, 3.05) is 6.61 Å². The molecule has 0 aromatic heterocycles. The van der Waals surface area contributed by atoms with Gasteiger partial charge in [-0.2, -0.15) is 0 Å². The van der Waals surface area contributed by atoms with Gasteiger partial charge in [-0.05, 0) is 44.6 Å². The fourth-order valence-corrected chi connectivity index (χ4v) is 5.96. The van der Waals surface area contributed by atoms with E-state index in [9.17, 15) is 36.6 Å². The van der Waals surface area contributed by atoms with Crippen LogP contribution in [0.5, 0.6) is 5.75 Å². The van der Waals surface area contributed by atoms with E-state index in [0.717, 1.165) is 12.1 Å². The zero-order valence-corrected chi connectivity index (χ0v) is 20.4. The van der Waals surface area contributed by atoms with E-state index in [0.29, 0.717) is 38.5 Å². The molecule has 1 aromatic rings. The SMILES string of the molecule is O=C(COC1CC(OC(F)(F)F)C1)NC12CCC(NC(=O)[C@H]3C[C@@H](O)c4cc(F)c(F)cc4O3)(CC1)CC2. The molecule has 5 aliphatic rings. The Balaban J connectivity index is 1.08. The van der Waals surface area contributed by atoms with Gasteiger partial charge in [-0.15, -0.1) is 13.2 Å². The fourth-order valence-electron chi connectivity index (χ4n) is 5.96. The standard InChI is InChI=1S/C25H29F5N2O6/c26-16-9-15-18(33)11-20(37-19(15)10-17(16)27)22(35)32-24-4-1-23(2-5-24,3-6-24)31-21(34)12-36-13-7-14(8-13)38-25(28,29)30/h9-10,13-14,18,20,33H,1-8,11-12H2,(H,31,34)(H,32,35)/t13?,14?,18-,20-,23?,24?/m1/s1. The van der Waals surface area contributed by atoms with Crippen molar-refractivity contribution < 1.29 is 50.9 Å². The summed E-state index contributed by atoms with van der Waals surface area (Å²) in [4.78, 5) is 25.5. The van der Waals surface area contributed by atoms with Crippen molar-refractivity contribution in [2.45, 2.75) is 99.6 Å². The summed E-state index contributed by atoms with van der Waals surface area (Å²) >= 11 is 0. The molecule has 4 saturated carbocycles. The number of rotatable bonds is 7. The summed E-state index contributed by atoms with van der Waals surface area (Å²) < 4.78 is 78.7. The third-order valence-electron chi connectivity index (χ3n) is 8.25. The first-order chi connectivity index (χ1) is 17.8. The number of carbonyl (C=O) groups is 2. The first kappa shape index (κ1) is 27.1. The molecule has 3 N–H and O–H groups in total. The number of nitrogens with one attached hydrogen (secondary N) is 2. The molecule has 4 aliphatic carbocycles. The van der Waals surface area contributed by atoms with Crippen LogP contribution in [0.1, 0.15) is 69.5 Å². The smallest absolute Gasteiger partial charge is 0.480 e. The zero-order valence-electron chi connectivity index (χ0n) is 20.4. The third kappa shape index (κ3) is 5.74. The summed E-state index contributed by atoms with van der Waals surface area (Å²) in [6.07, 6.45) is -4.58. The highest BCUT2D eigenvalue weighted by Crippen LogP contribution is 2.47. The highest BCUT2D eigenvalue weighted by molar-refractivity contribution is 5.82. The molecule has 1 heterocycles. The van der Waals surface area contributed by atoms with Crippen LogP contribution in [0.25, 0.3) is 0 Å². The number of carbonyl (C=O) groups excluding carboxylic acids is 2. The third-order valence-corrected chi connectivity index (χ3v) is 8.25. The van der Waals surface area contributed by atoms with E-state index in [1.54, 1.807) is 0 Å². The summed E-state index contributed by atoms with van der Waals surface area (Å²) in [5, 5.41) is 16.4. The van der Waals surface area contributed by atoms with Gasteiger partial charge in [0, 0.05) is 42.0 Å². The molecule has 2 amide bonds. The summed E-state index contributed by atoms with van der Waals surface area (Å²) in [7, 11) is 0. The van der Waals surface area contributed by atoms with Crippen molar-refractivity contribution in [1.82, 2.24) is 10.6 Å². The van der Waals surface area contributed by atoms with E-state index in [-0.39, 0.29) is 43.1 Å². The minimum atomic E-state index is -4.68. The van der Waals surface area contributed by atoms with Crippen molar-refractivity contribution in [1.29, 1.82) is 0 Å². The molecule has 0 saturated heterocycles. The molecule has 1 aromatic carbocycles. The molecular formula is C25H29F5N2O6. The maximum atomic E-state index is 13.6. The molecule has 38 heavy (non-hydrogen) atoms. The van der Waals surface area contributed by atoms with Crippen LogP contribution in [0.15, 0.2) is 12.1 Å². The summed E-state index contributed by atoms with van der Waals surface area (Å²) in [5.74, 6) is -3.09. The van der Waals surface area contributed by atoms with Crippen LogP contribution in [-0.4, -0.2) is 59.3 Å². The Labute approximate surface area is 215 Å². The molecule has 0 spiro atoms. The van der Waals surface area contributed by atoms with Crippen LogP contribution in [0.3, 0.4) is 0 Å². The van der Waals surface area contributed by atoms with Gasteiger partial charge in [-0.3, -0.25) is 14.3 Å². The lowest BCUT2D eigenvalue weighted by Gasteiger charge is -2.54. The number of fused-ring (bicyclic) bond motifs is 4. The van der Waals surface area contributed by atoms with Gasteiger partial charge in [-0.1, -0.05) is 0 Å². The number of alkyl halides is 3. The Bertz CT molecular complexity index is 1070. The number of halogens is 5. The van der Waals surface area contributed by atoms with Gasteiger partial charge in [0.1, 0.15) is 12.4 Å². The van der Waals surface area contributed by atoms with Crippen molar-refractivity contribution in [3.63, 3.8) is 0 Å². The van der Waals surface area contributed by atoms with Gasteiger partial charge in [0.15, 0.2) is 17.7 Å². The number of benzene rings is 1. The largest absolute Gasteiger partial charge is 0.522 e. The summed E-state index contributed by atoms with van der Waals surface area (Å²) in [6, 6.07) is 1.70. The van der Waals surface area contributed by atoms with E-state index < -0.39 is 59.4 Å². The Hall–Kier alpha value is -2.51. The molecule has 0 unspecified atom stereocenters. The predicted molar refractivity (Wildman–Crippen MR) is 120 cm³/mol. The fraction of sp³-hybridized carbons (Fsp3) is 0.680. The molecule has 0 radical (unpaired) electrons. The lowest BCUT2D eigenvalue weighted by atomic mass is 9.61. The maximum absolute atomic E-state index is 13.6. The Morgan fingerprint density at radius 2 is 1.53 bits per heavy atom. The number of aliphatic hydroxyl groups is 1. The van der Waals surface area contributed by atoms with Crippen LogP contribution in [0, 0.1) is 11.6 Å². The molecule has 2 atom stereocenters. The maximum Gasteiger partial charge on any atom is 0.522 e. The molecule has 6 rings (SSSR count). The molecular weight excluding hydrogens is 519 g/mol. The Morgan fingerprint density at radius 1 is 0.947 bits per heavy atom. The topological polar surface area (TPSA) is 106 Å². The van der Waals surface area contributed by atoms with Crippen LogP contribution in [-0.2, 0) is 19.1 Å². The van der Waals surface area contributed by atoms with Crippen LogP contribution in [0.2, 0.25) is 0 Å². The van der Waals surface area contributed by atoms with Crippen molar-refractivity contribution in [3.05, 3.63) is 29.3 Å². The number of ether oxygens (including phenoxy) is 3. The second-order valence-corrected chi connectivity index (χ2v) is 10.9. The van der Waals surface area contributed by atoms with Crippen molar-refractivity contribution in [3.8, 4) is 5.75 Å². The molecule has 2 bridgehead atoms. The lowest BCUT2D eigenvalue weighted by Crippen LogP contribution is -2.65. The van der Waals surface area contributed by atoms with Crippen LogP contribution < -0.4 is 15.4 Å². The Morgan fingerprint density at radius 3 is 2.13 bits per heavy atom. The number of amides is 2. The van der Waals surface area contributed by atoms with Gasteiger partial charge >= 0.3 is 6.36 Å². The number of hydrogen-bond donors (Lipinski definition) is 3. The first-order valence-corrected chi connectivity index (χ1v) is 12.7. The number of aliphatic hydroxyl groups excluding tert-OH is 1. The van der Waals surface area contributed by atoms with Gasteiger partial charge < -0.3 is 25.2 Å². The van der Waals surface area contributed by atoms with E-state index in [4.69, 9.17) is 9.47 Å². The summed E-state index contributed by atoms with van der Waals surface area (Å²) in [5.41, 5.74) is -0.841. The molecule has 13 heteroatoms. The first-order valence-electron chi connectivity index (χ1n) is 12.7. The average Bonchev–Trinajstić information content (AvgIpc) is 2.82. The van der Waals surface area contributed by atoms with Gasteiger partial charge in [0.2, 0.25) is 5.91 Å². The monoisotopic (exact) mass is 548 g/mol. The molecule has 210 valence electrons. The average molecular weight is 549 g/mol. The van der Waals surface area contributed by atoms with E-state index in [1.807, 2.05) is 0 Å². The molecule has 8 nitrogen and oxygen atoms in total. The van der Waals surface area contributed by atoms with Crippen LogP contribution >= 0.6 is 0 Å². The van der Waals surface area contributed by atoms with Crippen LogP contribution in [0.4, 0.5) is 22.0 Å². The van der Waals surface area contributed by atoms with Crippen molar-refractivity contribution >= 4 is 11.8 Å². The lowest BCUT2D eigenvalue weighted by molar-refractivity contribution is -0.357. The second-order valence-electron chi connectivity index (χ2n) is 10.9.